The predicted octanol–water partition coefficient (Wildman–Crippen LogP) is 1.50. The van der Waals surface area contributed by atoms with E-state index < -0.39 is 12.0 Å². The van der Waals surface area contributed by atoms with Gasteiger partial charge in [-0.05, 0) is 28.1 Å². The van der Waals surface area contributed by atoms with Crippen molar-refractivity contribution in [3.05, 3.63) is 20.8 Å². The highest BCUT2D eigenvalue weighted by molar-refractivity contribution is 9.11. The van der Waals surface area contributed by atoms with E-state index in [1.165, 1.54) is 11.3 Å². The molecule has 0 aliphatic carbocycles. The molecule has 0 aromatic carbocycles. The molecule has 0 aliphatic rings. The minimum Gasteiger partial charge on any atom is -0.481 e. The second-order valence-electron chi connectivity index (χ2n) is 2.67. The maximum Gasteiger partial charge on any atom is 0.305 e. The molecule has 1 unspecified atom stereocenters. The zero-order valence-electron chi connectivity index (χ0n) is 7.07. The zero-order valence-corrected chi connectivity index (χ0v) is 9.47. The van der Waals surface area contributed by atoms with Crippen LogP contribution in [0.3, 0.4) is 0 Å². The summed E-state index contributed by atoms with van der Waals surface area (Å²) in [5.74, 6) is -1.40. The monoisotopic (exact) mass is 277 g/mol. The molecule has 1 heterocycles. The summed E-state index contributed by atoms with van der Waals surface area (Å²) < 4.78 is 0.823. The van der Waals surface area contributed by atoms with Gasteiger partial charge in [0.15, 0.2) is 5.78 Å². The van der Waals surface area contributed by atoms with Crippen molar-refractivity contribution in [3.63, 3.8) is 0 Å². The lowest BCUT2D eigenvalue weighted by atomic mass is 10.1. The van der Waals surface area contributed by atoms with Gasteiger partial charge in [-0.3, -0.25) is 9.59 Å². The molecule has 3 N–H and O–H groups in total. The minimum atomic E-state index is -1.07. The van der Waals surface area contributed by atoms with Gasteiger partial charge in [-0.2, -0.15) is 0 Å². The molecule has 0 amide bonds. The molecular formula is C8H8BrNO3S. The van der Waals surface area contributed by atoms with E-state index in [0.29, 0.717) is 4.88 Å². The molecule has 1 atom stereocenters. The van der Waals surface area contributed by atoms with Crippen LogP contribution >= 0.6 is 27.3 Å². The number of ketones is 1. The van der Waals surface area contributed by atoms with Crippen molar-refractivity contribution in [3.8, 4) is 0 Å². The van der Waals surface area contributed by atoms with Crippen LogP contribution in [0.25, 0.3) is 0 Å². The highest BCUT2D eigenvalue weighted by Crippen LogP contribution is 2.23. The average molecular weight is 278 g/mol. The number of aliphatic carboxylic acids is 1. The van der Waals surface area contributed by atoms with Gasteiger partial charge in [0.2, 0.25) is 0 Å². The Hall–Kier alpha value is -0.720. The van der Waals surface area contributed by atoms with Crippen molar-refractivity contribution >= 4 is 39.0 Å². The van der Waals surface area contributed by atoms with Gasteiger partial charge in [0.25, 0.3) is 0 Å². The molecule has 0 fully saturated rings. The average Bonchev–Trinajstić information content (AvgIpc) is 2.49. The van der Waals surface area contributed by atoms with Crippen molar-refractivity contribution in [2.45, 2.75) is 12.5 Å². The summed E-state index contributed by atoms with van der Waals surface area (Å²) in [6.07, 6.45) is -0.339. The first kappa shape index (κ1) is 11.4. The first-order valence-corrected chi connectivity index (χ1v) is 5.38. The number of rotatable bonds is 4. The Morgan fingerprint density at radius 3 is 2.64 bits per heavy atom. The lowest BCUT2D eigenvalue weighted by molar-refractivity contribution is -0.137. The normalized spacial score (nSPS) is 12.4. The van der Waals surface area contributed by atoms with Crippen molar-refractivity contribution < 1.29 is 14.7 Å². The van der Waals surface area contributed by atoms with Gasteiger partial charge in [0.05, 0.1) is 21.1 Å². The number of Topliss-reactive ketones (excluding diaryl/α,β-unsaturated/α-hetero) is 1. The molecule has 76 valence electrons. The van der Waals surface area contributed by atoms with E-state index in [1.807, 2.05) is 0 Å². The maximum atomic E-state index is 11.5. The van der Waals surface area contributed by atoms with Gasteiger partial charge in [0, 0.05) is 0 Å². The number of halogens is 1. The molecule has 0 radical (unpaired) electrons. The Balaban J connectivity index is 2.70. The molecule has 1 aromatic heterocycles. The summed E-state index contributed by atoms with van der Waals surface area (Å²) in [5.41, 5.74) is 5.42. The van der Waals surface area contributed by atoms with Crippen LogP contribution in [-0.2, 0) is 4.79 Å². The van der Waals surface area contributed by atoms with E-state index in [2.05, 4.69) is 15.9 Å². The number of hydrogen-bond donors (Lipinski definition) is 2. The molecule has 0 spiro atoms. The third kappa shape index (κ3) is 2.90. The van der Waals surface area contributed by atoms with Crippen LogP contribution in [0.4, 0.5) is 0 Å². The van der Waals surface area contributed by atoms with Gasteiger partial charge in [0.1, 0.15) is 0 Å². The van der Waals surface area contributed by atoms with Gasteiger partial charge >= 0.3 is 5.97 Å². The third-order valence-electron chi connectivity index (χ3n) is 1.55. The highest BCUT2D eigenvalue weighted by atomic mass is 79.9. The Morgan fingerprint density at radius 2 is 2.21 bits per heavy atom. The number of carbonyl (C=O) groups is 2. The summed E-state index contributed by atoms with van der Waals surface area (Å²) in [4.78, 5) is 22.3. The molecule has 0 saturated heterocycles. The molecule has 6 heteroatoms. The predicted molar refractivity (Wildman–Crippen MR) is 56.6 cm³/mol. The fourth-order valence-corrected chi connectivity index (χ4v) is 2.30. The topological polar surface area (TPSA) is 80.4 Å². The summed E-state index contributed by atoms with van der Waals surface area (Å²) >= 11 is 4.46. The lowest BCUT2D eigenvalue weighted by Gasteiger charge is -2.04. The van der Waals surface area contributed by atoms with Gasteiger partial charge in [-0.15, -0.1) is 11.3 Å². The van der Waals surface area contributed by atoms with Crippen molar-refractivity contribution in [2.75, 3.05) is 0 Å². The molecule has 0 saturated carbocycles. The molecule has 0 bridgehead atoms. The largest absolute Gasteiger partial charge is 0.481 e. The van der Waals surface area contributed by atoms with E-state index >= 15 is 0 Å². The van der Waals surface area contributed by atoms with Crippen molar-refractivity contribution in [1.29, 1.82) is 0 Å². The van der Waals surface area contributed by atoms with Crippen LogP contribution in [0.5, 0.6) is 0 Å². The fraction of sp³-hybridized carbons (Fsp3) is 0.250. The van der Waals surface area contributed by atoms with Gasteiger partial charge in [-0.1, -0.05) is 0 Å². The first-order valence-electron chi connectivity index (χ1n) is 3.77. The second-order valence-corrected chi connectivity index (χ2v) is 5.14. The summed E-state index contributed by atoms with van der Waals surface area (Å²) in [7, 11) is 0. The maximum absolute atomic E-state index is 11.5. The SMILES string of the molecule is NC(CC(=O)O)C(=O)c1ccc(Br)s1. The van der Waals surface area contributed by atoms with E-state index in [4.69, 9.17) is 10.8 Å². The minimum absolute atomic E-state index is 0.330. The molecule has 1 aromatic rings. The first-order chi connectivity index (χ1) is 6.50. The summed E-state index contributed by atoms with van der Waals surface area (Å²) in [6, 6.07) is 2.39. The number of hydrogen-bond acceptors (Lipinski definition) is 4. The van der Waals surface area contributed by atoms with E-state index in [1.54, 1.807) is 12.1 Å². The third-order valence-corrected chi connectivity index (χ3v) is 3.19. The van der Waals surface area contributed by atoms with Crippen molar-refractivity contribution in [2.24, 2.45) is 5.73 Å². The Morgan fingerprint density at radius 1 is 1.57 bits per heavy atom. The number of carbonyl (C=O) groups excluding carboxylic acids is 1. The zero-order chi connectivity index (χ0) is 10.7. The Bertz CT molecular complexity index is 363. The van der Waals surface area contributed by atoms with E-state index in [9.17, 15) is 9.59 Å². The Labute approximate surface area is 92.9 Å². The second kappa shape index (κ2) is 4.68. The number of nitrogens with two attached hydrogens (primary N) is 1. The van der Waals surface area contributed by atoms with Crippen LogP contribution in [0.15, 0.2) is 15.9 Å². The van der Waals surface area contributed by atoms with Crippen molar-refractivity contribution in [1.82, 2.24) is 0 Å². The molecule has 1 rings (SSSR count). The van der Waals surface area contributed by atoms with Gasteiger partial charge < -0.3 is 10.8 Å². The molecular weight excluding hydrogens is 270 g/mol. The van der Waals surface area contributed by atoms with Crippen LogP contribution in [-0.4, -0.2) is 22.9 Å². The quantitative estimate of drug-likeness (QED) is 0.818. The van der Waals surface area contributed by atoms with E-state index in [0.717, 1.165) is 3.79 Å². The highest BCUT2D eigenvalue weighted by Gasteiger charge is 2.19. The molecule has 14 heavy (non-hydrogen) atoms. The van der Waals surface area contributed by atoms with Gasteiger partial charge in [-0.25, -0.2) is 0 Å². The van der Waals surface area contributed by atoms with Crippen LogP contribution < -0.4 is 5.73 Å². The number of carboxylic acid groups (broad SMARTS) is 1. The Kier molecular flexibility index (Phi) is 3.79. The molecule has 0 aliphatic heterocycles. The van der Waals surface area contributed by atoms with Crippen LogP contribution in [0, 0.1) is 0 Å². The van der Waals surface area contributed by atoms with Crippen LogP contribution in [0.1, 0.15) is 16.1 Å². The number of carboxylic acids is 1. The fourth-order valence-electron chi connectivity index (χ4n) is 0.910. The summed E-state index contributed by atoms with van der Waals surface area (Å²) in [5, 5.41) is 8.45. The van der Waals surface area contributed by atoms with E-state index in [-0.39, 0.29) is 12.2 Å². The smallest absolute Gasteiger partial charge is 0.305 e. The lowest BCUT2D eigenvalue weighted by Crippen LogP contribution is -2.32. The van der Waals surface area contributed by atoms with Crippen LogP contribution in [0.2, 0.25) is 0 Å². The number of thiophene rings is 1. The standard InChI is InChI=1S/C8H8BrNO3S/c9-6-2-1-5(14-6)8(13)4(10)3-7(11)12/h1-2,4H,3,10H2,(H,11,12). The summed E-state index contributed by atoms with van der Waals surface area (Å²) in [6.45, 7) is 0. The molecule has 4 nitrogen and oxygen atoms in total.